The summed E-state index contributed by atoms with van der Waals surface area (Å²) in [4.78, 5) is 26.1. The molecule has 0 saturated carbocycles. The van der Waals surface area contributed by atoms with Gasteiger partial charge in [-0.2, -0.15) is 0 Å². The summed E-state index contributed by atoms with van der Waals surface area (Å²) >= 11 is 0. The molecule has 0 radical (unpaired) electrons. The van der Waals surface area contributed by atoms with E-state index in [0.29, 0.717) is 18.7 Å². The van der Waals surface area contributed by atoms with Crippen molar-refractivity contribution in [3.63, 3.8) is 0 Å². The topological polar surface area (TPSA) is 76.3 Å². The van der Waals surface area contributed by atoms with Crippen molar-refractivity contribution in [2.75, 3.05) is 0 Å². The molecule has 0 bridgehead atoms. The molecule has 0 saturated heterocycles. The van der Waals surface area contributed by atoms with E-state index in [-0.39, 0.29) is 5.92 Å². The van der Waals surface area contributed by atoms with Crippen molar-refractivity contribution in [2.24, 2.45) is 5.92 Å². The van der Waals surface area contributed by atoms with Gasteiger partial charge in [0.15, 0.2) is 0 Å². The van der Waals surface area contributed by atoms with E-state index in [0.717, 1.165) is 33.3 Å². The minimum Gasteiger partial charge on any atom is -0.480 e. The highest BCUT2D eigenvalue weighted by Gasteiger charge is 2.28. The molecule has 38 heavy (non-hydrogen) atoms. The summed E-state index contributed by atoms with van der Waals surface area (Å²) in [6.07, 6.45) is 4.32. The second kappa shape index (κ2) is 10.8. The molecule has 0 aliphatic heterocycles. The number of aliphatic carboxylic acids is 1. The Labute approximate surface area is 222 Å². The molecule has 6 heteroatoms. The number of rotatable bonds is 9. The van der Waals surface area contributed by atoms with Gasteiger partial charge in [-0.3, -0.25) is 4.79 Å². The molecular formula is C32H31N3O3. The number of fused-ring (bicyclic) bond motifs is 1. The van der Waals surface area contributed by atoms with Crippen LogP contribution in [-0.2, 0) is 11.3 Å². The number of amides is 1. The number of carbonyl (C=O) groups excluding carboxylic acids is 1. The molecule has 0 aliphatic carbocycles. The van der Waals surface area contributed by atoms with Gasteiger partial charge in [-0.05, 0) is 53.8 Å². The number of hydrogen-bond donors (Lipinski definition) is 2. The first-order valence-electron chi connectivity index (χ1n) is 12.8. The van der Waals surface area contributed by atoms with Crippen LogP contribution in [0.3, 0.4) is 0 Å². The van der Waals surface area contributed by atoms with Crippen molar-refractivity contribution in [2.45, 2.75) is 32.9 Å². The van der Waals surface area contributed by atoms with Gasteiger partial charge in [-0.15, -0.1) is 0 Å². The smallest absolute Gasteiger partial charge is 0.326 e. The van der Waals surface area contributed by atoms with E-state index in [1.54, 1.807) is 0 Å². The average molecular weight is 506 g/mol. The molecule has 1 amide bonds. The third-order valence-electron chi connectivity index (χ3n) is 6.72. The molecule has 2 heterocycles. The molecule has 0 fully saturated rings. The zero-order valence-corrected chi connectivity index (χ0v) is 21.5. The fraction of sp³-hybridized carbons (Fsp3) is 0.188. The third kappa shape index (κ3) is 5.11. The van der Waals surface area contributed by atoms with Gasteiger partial charge in [-0.1, -0.05) is 74.5 Å². The molecule has 1 unspecified atom stereocenters. The maximum Gasteiger partial charge on any atom is 0.326 e. The maximum atomic E-state index is 14.0. The molecule has 3 aromatic carbocycles. The monoisotopic (exact) mass is 505 g/mol. The number of carboxylic acids is 1. The number of benzene rings is 3. The highest BCUT2D eigenvalue weighted by molar-refractivity contribution is 6.11. The summed E-state index contributed by atoms with van der Waals surface area (Å²) in [7, 11) is 0. The zero-order valence-electron chi connectivity index (χ0n) is 21.5. The normalized spacial score (nSPS) is 12.1. The van der Waals surface area contributed by atoms with E-state index in [1.165, 1.54) is 0 Å². The van der Waals surface area contributed by atoms with Gasteiger partial charge < -0.3 is 19.6 Å². The lowest BCUT2D eigenvalue weighted by Crippen LogP contribution is -2.42. The lowest BCUT2D eigenvalue weighted by atomic mass is 10.00. The Morgan fingerprint density at radius 1 is 0.868 bits per heavy atom. The van der Waals surface area contributed by atoms with Crippen molar-refractivity contribution < 1.29 is 14.7 Å². The van der Waals surface area contributed by atoms with E-state index in [2.05, 4.69) is 11.4 Å². The van der Waals surface area contributed by atoms with Gasteiger partial charge in [0.2, 0.25) is 0 Å². The Morgan fingerprint density at radius 3 is 2.16 bits per heavy atom. The highest BCUT2D eigenvalue weighted by atomic mass is 16.4. The first-order chi connectivity index (χ1) is 18.4. The van der Waals surface area contributed by atoms with E-state index < -0.39 is 17.9 Å². The summed E-state index contributed by atoms with van der Waals surface area (Å²) in [6, 6.07) is 29.0. The summed E-state index contributed by atoms with van der Waals surface area (Å²) in [6.45, 7) is 4.37. The average Bonchev–Trinajstić information content (AvgIpc) is 3.56. The summed E-state index contributed by atoms with van der Waals surface area (Å²) in [5.74, 6) is -1.32. The molecule has 192 valence electrons. The predicted octanol–water partition coefficient (Wildman–Crippen LogP) is 6.38. The molecule has 2 aromatic heterocycles. The van der Waals surface area contributed by atoms with Crippen LogP contribution >= 0.6 is 0 Å². The maximum absolute atomic E-state index is 14.0. The van der Waals surface area contributed by atoms with Crippen LogP contribution in [0.5, 0.6) is 0 Å². The van der Waals surface area contributed by atoms with Crippen LogP contribution in [-0.4, -0.2) is 32.2 Å². The van der Waals surface area contributed by atoms with Crippen molar-refractivity contribution >= 4 is 22.8 Å². The lowest BCUT2D eigenvalue weighted by Gasteiger charge is -2.18. The minimum absolute atomic E-state index is 0.115. The summed E-state index contributed by atoms with van der Waals surface area (Å²) < 4.78 is 4.04. The van der Waals surface area contributed by atoms with Crippen molar-refractivity contribution in [3.8, 4) is 16.8 Å². The Bertz CT molecular complexity index is 1550. The summed E-state index contributed by atoms with van der Waals surface area (Å²) in [5.41, 5.74) is 5.07. The number of nitrogens with one attached hydrogen (secondary N) is 1. The lowest BCUT2D eigenvalue weighted by molar-refractivity contribution is -0.139. The third-order valence-corrected chi connectivity index (χ3v) is 6.72. The number of aromatic nitrogens is 2. The Hall–Kier alpha value is -4.58. The molecular weight excluding hydrogens is 474 g/mol. The number of hydrogen-bond acceptors (Lipinski definition) is 2. The van der Waals surface area contributed by atoms with Crippen LogP contribution < -0.4 is 5.32 Å². The molecule has 6 nitrogen and oxygen atoms in total. The molecule has 0 aliphatic rings. The molecule has 1 atom stereocenters. The minimum atomic E-state index is -1.03. The van der Waals surface area contributed by atoms with Crippen molar-refractivity contribution in [3.05, 3.63) is 115 Å². The van der Waals surface area contributed by atoms with Crippen LogP contribution in [0.1, 0.15) is 36.3 Å². The van der Waals surface area contributed by atoms with Crippen LogP contribution in [0, 0.1) is 5.92 Å². The molecule has 2 N–H and O–H groups in total. The standard InChI is InChI=1S/C32H31N3O3/c1-22(2)19-27(32(37)38)33-31(36)30-29(24-13-7-4-8-14-24)26-20-25(34-17-9-10-18-34)15-16-28(26)35(30)21-23-11-5-3-6-12-23/h3-18,20,22,27H,19,21H2,1-2H3,(H,33,36)(H,37,38). The first-order valence-corrected chi connectivity index (χ1v) is 12.8. The van der Waals surface area contributed by atoms with Crippen LogP contribution in [0.25, 0.3) is 27.7 Å². The Kier molecular flexibility index (Phi) is 7.13. The van der Waals surface area contributed by atoms with Crippen LogP contribution in [0.15, 0.2) is 103 Å². The molecule has 0 spiro atoms. The van der Waals surface area contributed by atoms with E-state index in [4.69, 9.17) is 0 Å². The van der Waals surface area contributed by atoms with Crippen LogP contribution in [0.2, 0.25) is 0 Å². The van der Waals surface area contributed by atoms with E-state index in [1.807, 2.05) is 120 Å². The van der Waals surface area contributed by atoms with Gasteiger partial charge in [0.1, 0.15) is 11.7 Å². The second-order valence-corrected chi connectivity index (χ2v) is 9.95. The molecule has 5 aromatic rings. The predicted molar refractivity (Wildman–Crippen MR) is 151 cm³/mol. The number of carboxylic acid groups (broad SMARTS) is 1. The highest BCUT2D eigenvalue weighted by Crippen LogP contribution is 2.37. The first kappa shape index (κ1) is 25.1. The number of carbonyl (C=O) groups is 2. The largest absolute Gasteiger partial charge is 0.480 e. The van der Waals surface area contributed by atoms with Gasteiger partial charge in [0, 0.05) is 41.1 Å². The van der Waals surface area contributed by atoms with Gasteiger partial charge in [0.25, 0.3) is 5.91 Å². The zero-order chi connectivity index (χ0) is 26.6. The number of nitrogens with zero attached hydrogens (tertiary/aromatic N) is 2. The molecule has 5 rings (SSSR count). The van der Waals surface area contributed by atoms with Crippen LogP contribution in [0.4, 0.5) is 0 Å². The van der Waals surface area contributed by atoms with Gasteiger partial charge in [-0.25, -0.2) is 4.79 Å². The van der Waals surface area contributed by atoms with Crippen molar-refractivity contribution in [1.29, 1.82) is 0 Å². The second-order valence-electron chi connectivity index (χ2n) is 9.95. The SMILES string of the molecule is CC(C)CC(NC(=O)c1c(-c2ccccc2)c2cc(-n3cccc3)ccc2n1Cc1ccccc1)C(=O)O. The van der Waals surface area contributed by atoms with Gasteiger partial charge in [0.05, 0.1) is 0 Å². The fourth-order valence-corrected chi connectivity index (χ4v) is 4.99. The quantitative estimate of drug-likeness (QED) is 0.244. The van der Waals surface area contributed by atoms with E-state index in [9.17, 15) is 14.7 Å². The van der Waals surface area contributed by atoms with Crippen molar-refractivity contribution in [1.82, 2.24) is 14.5 Å². The Morgan fingerprint density at radius 2 is 1.53 bits per heavy atom. The van der Waals surface area contributed by atoms with E-state index >= 15 is 0 Å². The van der Waals surface area contributed by atoms with Gasteiger partial charge >= 0.3 is 5.97 Å². The summed E-state index contributed by atoms with van der Waals surface area (Å²) in [5, 5.41) is 13.6. The fourth-order valence-electron chi connectivity index (χ4n) is 4.99. The Balaban J connectivity index is 1.75.